The molecule has 0 saturated carbocycles. The van der Waals surface area contributed by atoms with Gasteiger partial charge in [0.2, 0.25) is 0 Å². The first-order valence-corrected chi connectivity index (χ1v) is 9.45. The maximum Gasteiger partial charge on any atom is 0.271 e. The van der Waals surface area contributed by atoms with E-state index in [-0.39, 0.29) is 15.6 Å². The maximum absolute atomic E-state index is 12.5. The van der Waals surface area contributed by atoms with Gasteiger partial charge in [-0.1, -0.05) is 12.1 Å². The van der Waals surface area contributed by atoms with E-state index in [1.54, 1.807) is 24.3 Å². The Morgan fingerprint density at radius 3 is 2.64 bits per heavy atom. The minimum atomic E-state index is -3.79. The predicted molar refractivity (Wildman–Crippen MR) is 95.4 cm³/mol. The summed E-state index contributed by atoms with van der Waals surface area (Å²) in [6.45, 7) is 1.41. The minimum absolute atomic E-state index is 0.101. The van der Waals surface area contributed by atoms with Crippen LogP contribution in [-0.2, 0) is 10.0 Å². The summed E-state index contributed by atoms with van der Waals surface area (Å²) in [6, 6.07) is 12.2. The molecule has 0 saturated heterocycles. The number of ketones is 1. The van der Waals surface area contributed by atoms with Gasteiger partial charge in [0.25, 0.3) is 15.6 Å². The molecule has 0 aliphatic rings. The number of nitrogens with zero attached hydrogens (tertiary/aromatic N) is 1. The number of hydrogen-bond donors (Lipinski definition) is 2. The third-order valence-corrected chi connectivity index (χ3v) is 6.28. The van der Waals surface area contributed by atoms with E-state index in [1.165, 1.54) is 31.2 Å². The van der Waals surface area contributed by atoms with Gasteiger partial charge in [-0.3, -0.25) is 14.3 Å². The molecule has 2 heterocycles. The zero-order chi connectivity index (χ0) is 18.0. The van der Waals surface area contributed by atoms with Crippen LogP contribution in [0.4, 0.5) is 5.69 Å². The van der Waals surface area contributed by atoms with Gasteiger partial charge >= 0.3 is 0 Å². The van der Waals surface area contributed by atoms with Crippen LogP contribution in [0.3, 0.4) is 0 Å². The van der Waals surface area contributed by atoms with E-state index in [4.69, 9.17) is 0 Å². The van der Waals surface area contributed by atoms with Crippen LogP contribution >= 0.6 is 11.3 Å². The molecule has 25 heavy (non-hydrogen) atoms. The highest BCUT2D eigenvalue weighted by molar-refractivity contribution is 7.94. The number of thiophene rings is 1. The zero-order valence-corrected chi connectivity index (χ0v) is 14.6. The van der Waals surface area contributed by atoms with Gasteiger partial charge in [0, 0.05) is 17.3 Å². The summed E-state index contributed by atoms with van der Waals surface area (Å²) in [5.74, 6) is -0.149. The third-order valence-electron chi connectivity index (χ3n) is 3.30. The van der Waals surface area contributed by atoms with E-state index in [9.17, 15) is 18.0 Å². The SMILES string of the molecule is CC(=O)c1cccc(NS(=O)(=O)c2ccc(-c3ccc(=O)[nH]n3)s2)c1. The van der Waals surface area contributed by atoms with Crippen LogP contribution in [0.15, 0.2) is 57.5 Å². The average Bonchev–Trinajstić information content (AvgIpc) is 3.06. The molecule has 0 bridgehead atoms. The van der Waals surface area contributed by atoms with Crippen molar-refractivity contribution in [2.75, 3.05) is 4.72 Å². The Balaban J connectivity index is 1.88. The second-order valence-electron chi connectivity index (χ2n) is 5.17. The monoisotopic (exact) mass is 375 g/mol. The lowest BCUT2D eigenvalue weighted by Crippen LogP contribution is -2.11. The molecule has 0 spiro atoms. The lowest BCUT2D eigenvalue weighted by atomic mass is 10.1. The molecular formula is C16H13N3O4S2. The third kappa shape index (κ3) is 3.83. The van der Waals surface area contributed by atoms with Crippen molar-refractivity contribution >= 4 is 32.8 Å². The molecule has 2 N–H and O–H groups in total. The minimum Gasteiger partial charge on any atom is -0.295 e. The summed E-state index contributed by atoms with van der Waals surface area (Å²) in [5, 5.41) is 6.19. The van der Waals surface area contributed by atoms with Gasteiger partial charge in [0.05, 0.1) is 4.88 Å². The smallest absolute Gasteiger partial charge is 0.271 e. The molecule has 0 radical (unpaired) electrons. The normalized spacial score (nSPS) is 11.2. The van der Waals surface area contributed by atoms with Crippen molar-refractivity contribution in [3.63, 3.8) is 0 Å². The van der Waals surface area contributed by atoms with E-state index in [2.05, 4.69) is 14.9 Å². The molecule has 0 amide bonds. The van der Waals surface area contributed by atoms with Crippen molar-refractivity contribution in [2.45, 2.75) is 11.1 Å². The van der Waals surface area contributed by atoms with Crippen LogP contribution in [0.5, 0.6) is 0 Å². The molecule has 0 aliphatic carbocycles. The van der Waals surface area contributed by atoms with Crippen molar-refractivity contribution in [3.05, 3.63) is 64.4 Å². The topological polar surface area (TPSA) is 109 Å². The molecule has 9 heteroatoms. The average molecular weight is 375 g/mol. The summed E-state index contributed by atoms with van der Waals surface area (Å²) in [7, 11) is -3.79. The van der Waals surface area contributed by atoms with Crippen LogP contribution < -0.4 is 10.3 Å². The number of carbonyl (C=O) groups excluding carboxylic acids is 1. The Morgan fingerprint density at radius 2 is 1.96 bits per heavy atom. The molecule has 128 valence electrons. The molecular weight excluding hydrogens is 362 g/mol. The Labute approximate surface area is 147 Å². The maximum atomic E-state index is 12.5. The van der Waals surface area contributed by atoms with Crippen LogP contribution in [-0.4, -0.2) is 24.4 Å². The number of benzene rings is 1. The number of H-pyrrole nitrogens is 1. The molecule has 0 aliphatic heterocycles. The number of aromatic nitrogens is 2. The second kappa shape index (κ2) is 6.61. The fourth-order valence-corrected chi connectivity index (χ4v) is 4.42. The zero-order valence-electron chi connectivity index (χ0n) is 13.0. The van der Waals surface area contributed by atoms with Gasteiger partial charge in [0.15, 0.2) is 5.78 Å². The Morgan fingerprint density at radius 1 is 1.16 bits per heavy atom. The van der Waals surface area contributed by atoms with E-state index >= 15 is 0 Å². The Bertz CT molecular complexity index is 1080. The van der Waals surface area contributed by atoms with E-state index in [0.717, 1.165) is 11.3 Å². The molecule has 1 aromatic carbocycles. The van der Waals surface area contributed by atoms with Gasteiger partial charge in [0.1, 0.15) is 9.90 Å². The fourth-order valence-electron chi connectivity index (χ4n) is 2.09. The molecule has 7 nitrogen and oxygen atoms in total. The quantitative estimate of drug-likeness (QED) is 0.666. The van der Waals surface area contributed by atoms with Crippen LogP contribution in [0.1, 0.15) is 17.3 Å². The number of Topliss-reactive ketones (excluding diaryl/α,β-unsaturated/α-hetero) is 1. The van der Waals surface area contributed by atoms with Gasteiger partial charge < -0.3 is 0 Å². The largest absolute Gasteiger partial charge is 0.295 e. The summed E-state index contributed by atoms with van der Waals surface area (Å²) in [4.78, 5) is 23.1. The molecule has 0 atom stereocenters. The Hall–Kier alpha value is -2.78. The molecule has 2 aromatic heterocycles. The lowest BCUT2D eigenvalue weighted by molar-refractivity contribution is 0.101. The first kappa shape index (κ1) is 17.1. The summed E-state index contributed by atoms with van der Waals surface area (Å²) >= 11 is 1.03. The molecule has 0 fully saturated rings. The standard InChI is InChI=1S/C16H13N3O4S2/c1-10(20)11-3-2-4-12(9-11)19-25(22,23)16-8-6-14(24-16)13-5-7-15(21)18-17-13/h2-9,19H,1H3,(H,18,21). The van der Waals surface area contributed by atoms with E-state index < -0.39 is 10.0 Å². The first-order valence-electron chi connectivity index (χ1n) is 7.15. The number of rotatable bonds is 5. The number of anilines is 1. The van der Waals surface area contributed by atoms with Gasteiger partial charge in [-0.05, 0) is 37.3 Å². The van der Waals surface area contributed by atoms with Crippen molar-refractivity contribution in [1.29, 1.82) is 0 Å². The molecule has 0 unspecified atom stereocenters. The highest BCUT2D eigenvalue weighted by Crippen LogP contribution is 2.30. The van der Waals surface area contributed by atoms with E-state index in [0.29, 0.717) is 21.8 Å². The first-order chi connectivity index (χ1) is 11.8. The fraction of sp³-hybridized carbons (Fsp3) is 0.0625. The van der Waals surface area contributed by atoms with E-state index in [1.807, 2.05) is 0 Å². The summed E-state index contributed by atoms with van der Waals surface area (Å²) < 4.78 is 27.6. The van der Waals surface area contributed by atoms with Crippen molar-refractivity contribution in [3.8, 4) is 10.6 Å². The molecule has 3 aromatic rings. The summed E-state index contributed by atoms with van der Waals surface area (Å²) in [6.07, 6.45) is 0. The van der Waals surface area contributed by atoms with Crippen LogP contribution in [0.25, 0.3) is 10.6 Å². The van der Waals surface area contributed by atoms with Crippen molar-refractivity contribution in [2.24, 2.45) is 0 Å². The summed E-state index contributed by atoms with van der Waals surface area (Å²) in [5.41, 5.74) is 0.874. The van der Waals surface area contributed by atoms with Crippen molar-refractivity contribution < 1.29 is 13.2 Å². The van der Waals surface area contributed by atoms with Gasteiger partial charge in [-0.2, -0.15) is 5.10 Å². The predicted octanol–water partition coefficient (Wildman–Crippen LogP) is 2.50. The van der Waals surface area contributed by atoms with Crippen LogP contribution in [0.2, 0.25) is 0 Å². The molecule has 3 rings (SSSR count). The lowest BCUT2D eigenvalue weighted by Gasteiger charge is -2.07. The highest BCUT2D eigenvalue weighted by Gasteiger charge is 2.18. The van der Waals surface area contributed by atoms with Gasteiger partial charge in [-0.25, -0.2) is 13.5 Å². The van der Waals surface area contributed by atoms with Gasteiger partial charge in [-0.15, -0.1) is 11.3 Å². The van der Waals surface area contributed by atoms with Crippen molar-refractivity contribution in [1.82, 2.24) is 10.2 Å². The number of sulfonamides is 1. The number of carbonyl (C=O) groups is 1. The second-order valence-corrected chi connectivity index (χ2v) is 8.16. The number of hydrogen-bond acceptors (Lipinski definition) is 6. The number of aromatic amines is 1. The highest BCUT2D eigenvalue weighted by atomic mass is 32.2. The van der Waals surface area contributed by atoms with Crippen LogP contribution in [0, 0.1) is 0 Å². The Kier molecular flexibility index (Phi) is 4.51. The number of nitrogens with one attached hydrogen (secondary N) is 2.